The molecule has 4 atom stereocenters. The molecule has 0 amide bonds. The van der Waals surface area contributed by atoms with Crippen LogP contribution >= 0.6 is 58.0 Å². The number of benzene rings is 4. The Balaban J connectivity index is 0.000000206. The number of carbonyl (C=O) groups excluding carboxylic acids is 1. The van der Waals surface area contributed by atoms with Crippen LogP contribution in [0.5, 0.6) is 23.0 Å². The molecule has 0 unspecified atom stereocenters. The van der Waals surface area contributed by atoms with Crippen LogP contribution in [0.25, 0.3) is 44.1 Å². The van der Waals surface area contributed by atoms with Crippen molar-refractivity contribution in [3.05, 3.63) is 86.3 Å². The number of rotatable bonds is 10. The van der Waals surface area contributed by atoms with E-state index in [1.165, 1.54) is 39.9 Å². The zero-order chi connectivity index (χ0) is 49.3. The molecule has 2 aliphatic carbocycles. The molecule has 17 heteroatoms. The molecule has 2 saturated carbocycles. The van der Waals surface area contributed by atoms with E-state index in [0.717, 1.165) is 64.5 Å². The molecule has 6 aromatic rings. The number of hydrogen-bond donors (Lipinski definition) is 2. The van der Waals surface area contributed by atoms with E-state index in [4.69, 9.17) is 92.4 Å². The van der Waals surface area contributed by atoms with E-state index in [9.17, 15) is 4.79 Å². The van der Waals surface area contributed by atoms with Crippen LogP contribution in [0.1, 0.15) is 85.5 Å². The van der Waals surface area contributed by atoms with E-state index >= 15 is 0 Å². The summed E-state index contributed by atoms with van der Waals surface area (Å²) in [7, 11) is 6.17. The maximum atomic E-state index is 12.5. The Morgan fingerprint density at radius 2 is 1.13 bits per heavy atom. The molecule has 4 aromatic carbocycles. The predicted octanol–water partition coefficient (Wildman–Crippen LogP) is 14.1. The third-order valence-corrected chi connectivity index (χ3v) is 13.8. The molecule has 2 heterocycles. The topological polar surface area (TPSA) is 153 Å². The molecular formula is C51H59Cl5N6O6. The van der Waals surface area contributed by atoms with Crippen molar-refractivity contribution in [2.75, 3.05) is 33.8 Å². The van der Waals surface area contributed by atoms with Crippen molar-refractivity contribution >= 4 is 91.7 Å². The highest BCUT2D eigenvalue weighted by atomic mass is 35.5. The van der Waals surface area contributed by atoms with E-state index in [2.05, 4.69) is 27.2 Å². The number of nitrogens with zero attached hydrogens (tertiary/aromatic N) is 4. The zero-order valence-corrected chi connectivity index (χ0v) is 43.4. The molecule has 2 aliphatic rings. The number of anilines is 1. The normalized spacial score (nSPS) is 18.1. The van der Waals surface area contributed by atoms with Crippen molar-refractivity contribution < 1.29 is 28.5 Å². The summed E-state index contributed by atoms with van der Waals surface area (Å²) in [5.74, 6) is 3.25. The molecule has 2 aromatic heterocycles. The molecule has 364 valence electrons. The molecule has 0 saturated heterocycles. The van der Waals surface area contributed by atoms with Gasteiger partial charge in [-0.05, 0) is 105 Å². The summed E-state index contributed by atoms with van der Waals surface area (Å²) >= 11 is 31.9. The molecule has 2 fully saturated rings. The molecule has 12 nitrogen and oxygen atoms in total. The summed E-state index contributed by atoms with van der Waals surface area (Å²) in [6.07, 6.45) is 13.3. The summed E-state index contributed by atoms with van der Waals surface area (Å²) in [5, 5.41) is 6.96. The third kappa shape index (κ3) is 13.2. The van der Waals surface area contributed by atoms with Gasteiger partial charge in [0.25, 0.3) is 0 Å². The fourth-order valence-electron chi connectivity index (χ4n) is 8.45. The van der Waals surface area contributed by atoms with Crippen LogP contribution in [0.15, 0.2) is 60.9 Å². The maximum absolute atomic E-state index is 12.5. The molecule has 0 radical (unpaired) electrons. The Hall–Kier alpha value is -4.56. The average Bonchev–Trinajstić information content (AvgIpc) is 3.31. The van der Waals surface area contributed by atoms with Crippen LogP contribution in [0.3, 0.4) is 0 Å². The number of nitrogens with two attached hydrogens (primary N) is 1. The summed E-state index contributed by atoms with van der Waals surface area (Å²) in [4.78, 5) is 29.9. The first-order valence-corrected chi connectivity index (χ1v) is 24.5. The van der Waals surface area contributed by atoms with Gasteiger partial charge in [0.15, 0.2) is 0 Å². The van der Waals surface area contributed by atoms with Crippen molar-refractivity contribution in [1.29, 1.82) is 0 Å². The average molecular weight is 1030 g/mol. The number of ether oxygens (including phenoxy) is 5. The van der Waals surface area contributed by atoms with Gasteiger partial charge in [0.1, 0.15) is 28.6 Å². The molecule has 68 heavy (non-hydrogen) atoms. The van der Waals surface area contributed by atoms with Gasteiger partial charge >= 0.3 is 5.97 Å². The largest absolute Gasteiger partial charge is 0.495 e. The Morgan fingerprint density at radius 3 is 1.60 bits per heavy atom. The number of fused-ring (bicyclic) bond motifs is 2. The lowest BCUT2D eigenvalue weighted by atomic mass is 9.82. The Bertz CT molecular complexity index is 2650. The molecule has 8 rings (SSSR count). The van der Waals surface area contributed by atoms with Gasteiger partial charge in [-0.2, -0.15) is 0 Å². The number of methoxy groups -OCH3 is 4. The van der Waals surface area contributed by atoms with Crippen LogP contribution in [0, 0.1) is 11.8 Å². The Morgan fingerprint density at radius 1 is 0.662 bits per heavy atom. The number of esters is 1. The molecular weight excluding hydrogens is 970 g/mol. The van der Waals surface area contributed by atoms with Crippen LogP contribution < -0.4 is 30.0 Å². The van der Waals surface area contributed by atoms with Crippen LogP contribution in [0.4, 0.5) is 5.95 Å². The summed E-state index contributed by atoms with van der Waals surface area (Å²) in [6, 6.07) is 15.3. The van der Waals surface area contributed by atoms with Crippen molar-refractivity contribution in [3.8, 4) is 45.3 Å². The highest BCUT2D eigenvalue weighted by Gasteiger charge is 2.30. The van der Waals surface area contributed by atoms with E-state index in [-0.39, 0.29) is 23.2 Å². The first-order valence-electron chi connectivity index (χ1n) is 22.6. The van der Waals surface area contributed by atoms with Gasteiger partial charge < -0.3 is 34.7 Å². The van der Waals surface area contributed by atoms with Crippen molar-refractivity contribution in [3.63, 3.8) is 0 Å². The lowest BCUT2D eigenvalue weighted by Crippen LogP contribution is -2.35. The van der Waals surface area contributed by atoms with Gasteiger partial charge in [-0.15, -0.1) is 0 Å². The lowest BCUT2D eigenvalue weighted by molar-refractivity contribution is -0.156. The van der Waals surface area contributed by atoms with Crippen LogP contribution in [-0.4, -0.2) is 72.0 Å². The molecule has 3 N–H and O–H groups in total. The van der Waals surface area contributed by atoms with Gasteiger partial charge in [-0.3, -0.25) is 4.79 Å². The minimum Gasteiger partial charge on any atom is -0.495 e. The number of halogens is 5. The van der Waals surface area contributed by atoms with Crippen LogP contribution in [-0.2, 0) is 9.53 Å². The third-order valence-electron chi connectivity index (χ3n) is 12.1. The quantitative estimate of drug-likeness (QED) is 0.0992. The van der Waals surface area contributed by atoms with Crippen molar-refractivity contribution in [2.24, 2.45) is 17.6 Å². The monoisotopic (exact) mass is 1030 g/mol. The van der Waals surface area contributed by atoms with Gasteiger partial charge in [-0.25, -0.2) is 19.9 Å². The minimum absolute atomic E-state index is 0.111. The lowest BCUT2D eigenvalue weighted by Gasteiger charge is -2.32. The Labute approximate surface area is 423 Å². The number of nitrogens with one attached hydrogen (secondary N) is 1. The second-order valence-electron chi connectivity index (χ2n) is 18.0. The van der Waals surface area contributed by atoms with Gasteiger partial charge in [0, 0.05) is 58.5 Å². The van der Waals surface area contributed by atoms with Crippen molar-refractivity contribution in [1.82, 2.24) is 19.9 Å². The highest BCUT2D eigenvalue weighted by molar-refractivity contribution is 6.42. The minimum atomic E-state index is -0.487. The van der Waals surface area contributed by atoms with E-state index in [1.54, 1.807) is 38.7 Å². The predicted molar refractivity (Wildman–Crippen MR) is 277 cm³/mol. The summed E-state index contributed by atoms with van der Waals surface area (Å²) in [5.41, 5.74) is 9.65. The standard InChI is InChI=1S/C28H33Cl2N3O4.C16H11Cl3N2O2.C7H15N/c1-28(2,3)37-23(34)13-16-8-6-7-9-19(16)32-27-31-15-18-12-17(10-11-20(18)33-27)24-25(29)21(35-4)14-22(36-5)26(24)30;1-22-11-6-12(23-2)15(18)13(14(11)17)8-3-4-10-9(5-8)7-20-16(19)21-10;1-6-4-2-3-5-7(6)8/h10-12,14-16,19H,6-9,13H2,1-5H3,(H,31,32,33);3-7H,1-2H3;6-7H,2-5,8H2,1H3/t16-,19-;;6-,7+/m1.0/s1. The molecule has 0 spiro atoms. The van der Waals surface area contributed by atoms with Gasteiger partial charge in [0.05, 0.1) is 66.0 Å². The van der Waals surface area contributed by atoms with Gasteiger partial charge in [0.2, 0.25) is 11.2 Å². The van der Waals surface area contributed by atoms with Gasteiger partial charge in [-0.1, -0.05) is 91.1 Å². The fourth-order valence-corrected chi connectivity index (χ4v) is 10.0. The zero-order valence-electron chi connectivity index (χ0n) is 39.7. The number of aromatic nitrogens is 4. The summed E-state index contributed by atoms with van der Waals surface area (Å²) < 4.78 is 27.0. The van der Waals surface area contributed by atoms with E-state index < -0.39 is 5.60 Å². The smallest absolute Gasteiger partial charge is 0.306 e. The second-order valence-corrected chi connectivity index (χ2v) is 19.8. The first kappa shape index (κ1) is 52.8. The second kappa shape index (κ2) is 23.8. The SMILES string of the molecule is COc1cc(OC)c(Cl)c(-c2ccc3nc(Cl)ncc3c2)c1Cl.COc1cc(OC)c(Cl)c(-c2ccc3nc(N[C@@H]4CCCC[C@@H]4CC(=O)OC(C)(C)C)ncc3c2)c1Cl.C[C@H]1CCCC[C@H]1N. The number of carbonyl (C=O) groups is 1. The van der Waals surface area contributed by atoms with Crippen LogP contribution in [0.2, 0.25) is 25.4 Å². The van der Waals surface area contributed by atoms with E-state index in [1.807, 2.05) is 57.2 Å². The van der Waals surface area contributed by atoms with E-state index in [0.29, 0.717) is 72.6 Å². The number of hydrogen-bond acceptors (Lipinski definition) is 12. The molecule has 0 bridgehead atoms. The summed E-state index contributed by atoms with van der Waals surface area (Å²) in [6.45, 7) is 7.93. The Kier molecular flexibility index (Phi) is 18.5. The molecule has 0 aliphatic heterocycles. The maximum Gasteiger partial charge on any atom is 0.306 e. The fraction of sp³-hybridized carbons (Fsp3) is 0.431. The first-order chi connectivity index (χ1) is 32.4. The van der Waals surface area contributed by atoms with Crippen molar-refractivity contribution in [2.45, 2.75) is 103 Å². The highest BCUT2D eigenvalue weighted by Crippen LogP contribution is 2.48.